The predicted octanol–water partition coefficient (Wildman–Crippen LogP) is 4.74. The van der Waals surface area contributed by atoms with Crippen LogP contribution >= 0.6 is 0 Å². The van der Waals surface area contributed by atoms with Crippen LogP contribution in [0.3, 0.4) is 0 Å². The number of benzene rings is 4. The number of methoxy groups -OCH3 is 1. The number of ether oxygens (including phenoxy) is 1. The van der Waals surface area contributed by atoms with Crippen LogP contribution in [0.25, 0.3) is 0 Å². The highest BCUT2D eigenvalue weighted by Crippen LogP contribution is 2.61. The van der Waals surface area contributed by atoms with Crippen molar-refractivity contribution in [1.82, 2.24) is 10.0 Å². The Morgan fingerprint density at radius 2 is 1.30 bits per heavy atom. The van der Waals surface area contributed by atoms with Crippen LogP contribution < -0.4 is 4.74 Å². The molecule has 4 aromatic rings. The molecule has 2 atom stereocenters. The van der Waals surface area contributed by atoms with Gasteiger partial charge in [-0.3, -0.25) is 29.3 Å². The largest absolute Gasteiger partial charge is 0.497 e. The number of carbonyl (C=O) groups excluding carboxylic acids is 4. The van der Waals surface area contributed by atoms with Crippen molar-refractivity contribution in [3.63, 3.8) is 0 Å². The molecule has 218 valence electrons. The van der Waals surface area contributed by atoms with Gasteiger partial charge in [-0.15, -0.1) is 0 Å². The van der Waals surface area contributed by atoms with E-state index in [1.165, 1.54) is 37.4 Å². The van der Waals surface area contributed by atoms with Gasteiger partial charge < -0.3 is 4.74 Å². The molecule has 10 heteroatoms. The van der Waals surface area contributed by atoms with E-state index in [1.54, 1.807) is 12.1 Å². The molecule has 4 aliphatic rings. The lowest BCUT2D eigenvalue weighted by atomic mass is 9.55. The number of hydrogen-bond acceptors (Lipinski definition) is 7. The normalized spacial score (nSPS) is 20.9. The molecule has 0 saturated carbocycles. The van der Waals surface area contributed by atoms with E-state index in [1.807, 2.05) is 48.5 Å². The Hall–Kier alpha value is -5.64. The molecule has 0 radical (unpaired) electrons. The summed E-state index contributed by atoms with van der Waals surface area (Å²) in [4.78, 5) is 67.2. The van der Waals surface area contributed by atoms with Crippen molar-refractivity contribution in [3.05, 3.63) is 141 Å². The number of amides is 3. The Labute approximate surface area is 251 Å². The first kappa shape index (κ1) is 27.2. The number of nitro benzene ring substituents is 1. The maximum absolute atomic E-state index is 14.4. The third-order valence-electron chi connectivity index (χ3n) is 8.91. The molecule has 0 aromatic heterocycles. The molecule has 10 nitrogen and oxygen atoms in total. The standard InChI is InChI=1S/C34H25N3O7/c1-44-22-15-13-19(14-16-22)27(38)18-35(32(39)20-7-6-8-21(17-20)37(42)43)36-33(40)30-28-23-9-2-3-10-24(23)29(31(30)34(36)41)26-12-5-4-11-25(26)28/h2-17,28-31H,18H2,1H3/t28?,29?,30-,31+. The van der Waals surface area contributed by atoms with Gasteiger partial charge in [-0.1, -0.05) is 54.6 Å². The van der Waals surface area contributed by atoms with Gasteiger partial charge in [0.2, 0.25) is 0 Å². The van der Waals surface area contributed by atoms with E-state index in [-0.39, 0.29) is 16.8 Å². The van der Waals surface area contributed by atoms with Crippen LogP contribution in [0.2, 0.25) is 0 Å². The molecule has 8 rings (SSSR count). The van der Waals surface area contributed by atoms with E-state index in [0.29, 0.717) is 5.75 Å². The number of ketones is 1. The molecular formula is C34H25N3O7. The quantitative estimate of drug-likeness (QED) is 0.132. The number of nitrogens with zero attached hydrogens (tertiary/aromatic N) is 3. The Morgan fingerprint density at radius 1 is 0.773 bits per heavy atom. The van der Waals surface area contributed by atoms with E-state index in [4.69, 9.17) is 4.74 Å². The van der Waals surface area contributed by atoms with Crippen molar-refractivity contribution in [3.8, 4) is 5.75 Å². The predicted molar refractivity (Wildman–Crippen MR) is 157 cm³/mol. The molecule has 0 unspecified atom stereocenters. The number of hydrogen-bond donors (Lipinski definition) is 0. The lowest BCUT2D eigenvalue weighted by Gasteiger charge is -2.45. The van der Waals surface area contributed by atoms with Crippen molar-refractivity contribution in [2.75, 3.05) is 13.7 Å². The van der Waals surface area contributed by atoms with E-state index in [0.717, 1.165) is 38.3 Å². The summed E-state index contributed by atoms with van der Waals surface area (Å²) in [5.41, 5.74) is 3.62. The Morgan fingerprint density at radius 3 is 1.77 bits per heavy atom. The molecule has 0 N–H and O–H groups in total. The number of Topliss-reactive ketones (excluding diaryl/α,β-unsaturated/α-hetero) is 1. The van der Waals surface area contributed by atoms with Crippen LogP contribution in [0.5, 0.6) is 5.75 Å². The third kappa shape index (κ3) is 4.02. The van der Waals surface area contributed by atoms with Crippen LogP contribution in [0.4, 0.5) is 5.69 Å². The van der Waals surface area contributed by atoms with Crippen LogP contribution in [-0.4, -0.2) is 52.1 Å². The van der Waals surface area contributed by atoms with Gasteiger partial charge in [0.25, 0.3) is 23.4 Å². The molecule has 0 spiro atoms. The summed E-state index contributed by atoms with van der Waals surface area (Å²) in [6.45, 7) is -0.639. The van der Waals surface area contributed by atoms with Crippen LogP contribution in [0, 0.1) is 22.0 Å². The second-order valence-electron chi connectivity index (χ2n) is 11.1. The molecule has 1 fully saturated rings. The summed E-state index contributed by atoms with van der Waals surface area (Å²) < 4.78 is 5.17. The third-order valence-corrected chi connectivity index (χ3v) is 8.91. The number of non-ortho nitro benzene ring substituents is 1. The summed E-state index contributed by atoms with van der Waals surface area (Å²) >= 11 is 0. The number of rotatable bonds is 7. The van der Waals surface area contributed by atoms with Gasteiger partial charge >= 0.3 is 0 Å². The summed E-state index contributed by atoms with van der Waals surface area (Å²) in [5, 5.41) is 13.1. The zero-order chi connectivity index (χ0) is 30.7. The molecule has 44 heavy (non-hydrogen) atoms. The zero-order valence-electron chi connectivity index (χ0n) is 23.5. The van der Waals surface area contributed by atoms with E-state index in [9.17, 15) is 29.3 Å². The van der Waals surface area contributed by atoms with Crippen molar-refractivity contribution < 1.29 is 28.8 Å². The lowest BCUT2D eigenvalue weighted by Crippen LogP contribution is -2.52. The molecule has 3 aliphatic carbocycles. The first-order chi connectivity index (χ1) is 21.3. The smallest absolute Gasteiger partial charge is 0.273 e. The van der Waals surface area contributed by atoms with E-state index >= 15 is 0 Å². The first-order valence-electron chi connectivity index (χ1n) is 14.1. The van der Waals surface area contributed by atoms with Gasteiger partial charge in [0, 0.05) is 35.1 Å². The molecule has 2 bridgehead atoms. The molecule has 1 aliphatic heterocycles. The second-order valence-corrected chi connectivity index (χ2v) is 11.1. The Balaban J connectivity index is 1.32. The summed E-state index contributed by atoms with van der Waals surface area (Å²) in [6, 6.07) is 26.7. The van der Waals surface area contributed by atoms with Gasteiger partial charge in [0.15, 0.2) is 5.78 Å². The maximum atomic E-state index is 14.4. The van der Waals surface area contributed by atoms with Crippen molar-refractivity contribution >= 4 is 29.2 Å². The van der Waals surface area contributed by atoms with Gasteiger partial charge in [0.05, 0.1) is 23.9 Å². The van der Waals surface area contributed by atoms with Crippen molar-refractivity contribution in [1.29, 1.82) is 0 Å². The number of nitro groups is 1. The van der Waals surface area contributed by atoms with Crippen LogP contribution in [0.15, 0.2) is 97.1 Å². The summed E-state index contributed by atoms with van der Waals surface area (Å²) in [6.07, 6.45) is 0. The monoisotopic (exact) mass is 587 g/mol. The van der Waals surface area contributed by atoms with E-state index < -0.39 is 58.6 Å². The SMILES string of the molecule is COc1ccc(C(=O)CN(C(=O)c2cccc([N+](=O)[O-])c2)N2C(=O)[C@@H]3C4c5ccccc5C(c5ccccc54)[C@@H]3C2=O)cc1. The van der Waals surface area contributed by atoms with Crippen molar-refractivity contribution in [2.24, 2.45) is 11.8 Å². The fraction of sp³-hybridized carbons (Fsp3) is 0.176. The van der Waals surface area contributed by atoms with Gasteiger partial charge in [-0.05, 0) is 52.6 Å². The minimum absolute atomic E-state index is 0.133. The van der Waals surface area contributed by atoms with Gasteiger partial charge in [0.1, 0.15) is 12.3 Å². The highest BCUT2D eigenvalue weighted by atomic mass is 16.6. The molecule has 1 saturated heterocycles. The number of carbonyl (C=O) groups is 4. The Kier molecular flexibility index (Phi) is 6.35. The molecular weight excluding hydrogens is 562 g/mol. The highest BCUT2D eigenvalue weighted by molar-refractivity contribution is 6.11. The minimum Gasteiger partial charge on any atom is -0.497 e. The molecule has 1 heterocycles. The van der Waals surface area contributed by atoms with Crippen LogP contribution in [-0.2, 0) is 9.59 Å². The first-order valence-corrected chi connectivity index (χ1v) is 14.1. The number of hydrazine groups is 1. The summed E-state index contributed by atoms with van der Waals surface area (Å²) in [5.74, 6) is -4.44. The minimum atomic E-state index is -0.877. The van der Waals surface area contributed by atoms with Crippen molar-refractivity contribution in [2.45, 2.75) is 11.8 Å². The lowest BCUT2D eigenvalue weighted by molar-refractivity contribution is -0.384. The molecule has 3 amide bonds. The maximum Gasteiger partial charge on any atom is 0.273 e. The zero-order valence-corrected chi connectivity index (χ0v) is 23.5. The average molecular weight is 588 g/mol. The number of imide groups is 1. The van der Waals surface area contributed by atoms with Gasteiger partial charge in [-0.2, -0.15) is 5.01 Å². The van der Waals surface area contributed by atoms with Crippen LogP contribution in [0.1, 0.15) is 54.8 Å². The second kappa shape index (κ2) is 10.3. The summed E-state index contributed by atoms with van der Waals surface area (Å²) in [7, 11) is 1.49. The topological polar surface area (TPSA) is 127 Å². The van der Waals surface area contributed by atoms with Gasteiger partial charge in [-0.25, -0.2) is 5.01 Å². The fourth-order valence-corrected chi connectivity index (χ4v) is 7.04. The fourth-order valence-electron chi connectivity index (χ4n) is 7.04. The Bertz CT molecular complexity index is 1770. The molecule has 4 aromatic carbocycles. The van der Waals surface area contributed by atoms with E-state index in [2.05, 4.69) is 0 Å². The average Bonchev–Trinajstić information content (AvgIpc) is 3.32. The highest BCUT2D eigenvalue weighted by Gasteiger charge is 2.63.